The quantitative estimate of drug-likeness (QED) is 0.250. The Labute approximate surface area is 208 Å². The third kappa shape index (κ3) is 3.22. The molecular weight excluding hydrogens is 457 g/mol. The van der Waals surface area contributed by atoms with Crippen LogP contribution in [0, 0.1) is 0 Å². The van der Waals surface area contributed by atoms with Crippen LogP contribution in [0.15, 0.2) is 91.0 Å². The summed E-state index contributed by atoms with van der Waals surface area (Å²) >= 11 is 0. The molecule has 0 saturated carbocycles. The highest BCUT2D eigenvalue weighted by Gasteiger charge is 2.41. The molecule has 0 saturated heterocycles. The average molecular weight is 483 g/mol. The molecule has 0 atom stereocenters. The zero-order chi connectivity index (χ0) is 25.1. The summed E-state index contributed by atoms with van der Waals surface area (Å²) < 4.78 is 41.7. The van der Waals surface area contributed by atoms with Crippen LogP contribution in [0.2, 0.25) is 0 Å². The van der Waals surface area contributed by atoms with Gasteiger partial charge in [-0.3, -0.25) is 4.57 Å². The average Bonchev–Trinajstić information content (AvgIpc) is 3.41. The topological polar surface area (TPSA) is 17.8 Å². The van der Waals surface area contributed by atoms with Crippen LogP contribution < -0.4 is 0 Å². The van der Waals surface area contributed by atoms with E-state index in [0.29, 0.717) is 11.4 Å². The molecule has 0 bridgehead atoms. The van der Waals surface area contributed by atoms with Gasteiger partial charge in [-0.2, -0.15) is 13.2 Å². The fraction of sp³-hybridized carbons (Fsp3) is 0.194. The van der Waals surface area contributed by atoms with Crippen LogP contribution in [0.25, 0.3) is 39.2 Å². The molecular formula is C31H25F3N2. The number of aromatic nitrogens is 2. The van der Waals surface area contributed by atoms with Gasteiger partial charge in [0.05, 0.1) is 16.6 Å². The van der Waals surface area contributed by atoms with E-state index in [1.54, 1.807) is 0 Å². The van der Waals surface area contributed by atoms with Crippen molar-refractivity contribution >= 4 is 11.0 Å². The van der Waals surface area contributed by atoms with Crippen molar-refractivity contribution in [3.8, 4) is 28.2 Å². The number of nitrogens with zero attached hydrogens (tertiary/aromatic N) is 2. The molecule has 0 aliphatic heterocycles. The first-order valence-corrected chi connectivity index (χ1v) is 12.3. The molecule has 2 nitrogen and oxygen atoms in total. The molecule has 0 spiro atoms. The zero-order valence-electron chi connectivity index (χ0n) is 20.1. The Balaban J connectivity index is 1.65. The van der Waals surface area contributed by atoms with E-state index in [0.717, 1.165) is 41.7 Å². The van der Waals surface area contributed by atoms with Gasteiger partial charge in [0.2, 0.25) is 0 Å². The number of fused-ring (bicyclic) bond motifs is 4. The van der Waals surface area contributed by atoms with E-state index in [2.05, 4.69) is 54.8 Å². The fourth-order valence-electron chi connectivity index (χ4n) is 5.87. The molecule has 1 aliphatic carbocycles. The van der Waals surface area contributed by atoms with Crippen LogP contribution >= 0.6 is 0 Å². The summed E-state index contributed by atoms with van der Waals surface area (Å²) in [7, 11) is 0. The van der Waals surface area contributed by atoms with Crippen LogP contribution in [0.5, 0.6) is 0 Å². The summed E-state index contributed by atoms with van der Waals surface area (Å²) in [5, 5.41) is 0. The van der Waals surface area contributed by atoms with E-state index in [1.807, 2.05) is 30.3 Å². The minimum Gasteiger partial charge on any atom is -0.292 e. The van der Waals surface area contributed by atoms with Crippen LogP contribution in [0.3, 0.4) is 0 Å². The maximum absolute atomic E-state index is 13.2. The van der Waals surface area contributed by atoms with E-state index >= 15 is 0 Å². The van der Waals surface area contributed by atoms with Crippen LogP contribution in [-0.4, -0.2) is 9.55 Å². The lowest BCUT2D eigenvalue weighted by Crippen LogP contribution is -2.23. The number of rotatable bonds is 4. The van der Waals surface area contributed by atoms with Crippen molar-refractivity contribution in [3.05, 3.63) is 108 Å². The van der Waals surface area contributed by atoms with Crippen molar-refractivity contribution in [2.75, 3.05) is 0 Å². The second-order valence-electron chi connectivity index (χ2n) is 9.40. The van der Waals surface area contributed by atoms with E-state index in [9.17, 15) is 13.2 Å². The highest BCUT2D eigenvalue weighted by molar-refractivity contribution is 5.93. The second-order valence-corrected chi connectivity index (χ2v) is 9.40. The van der Waals surface area contributed by atoms with Crippen LogP contribution in [-0.2, 0) is 11.6 Å². The minimum absolute atomic E-state index is 0.0829. The smallest absolute Gasteiger partial charge is 0.292 e. The molecule has 0 N–H and O–H groups in total. The lowest BCUT2D eigenvalue weighted by atomic mass is 9.74. The largest absolute Gasteiger partial charge is 0.416 e. The Morgan fingerprint density at radius 1 is 0.750 bits per heavy atom. The molecule has 5 heteroatoms. The first kappa shape index (κ1) is 22.6. The highest BCUT2D eigenvalue weighted by Crippen LogP contribution is 2.53. The maximum Gasteiger partial charge on any atom is 0.416 e. The Morgan fingerprint density at radius 2 is 1.42 bits per heavy atom. The van der Waals surface area contributed by atoms with E-state index in [-0.39, 0.29) is 5.41 Å². The van der Waals surface area contributed by atoms with Gasteiger partial charge in [-0.15, -0.1) is 0 Å². The Bertz CT molecular complexity index is 1570. The molecule has 36 heavy (non-hydrogen) atoms. The number of hydrogen-bond acceptors (Lipinski definition) is 1. The predicted octanol–water partition coefficient (Wildman–Crippen LogP) is 8.80. The van der Waals surface area contributed by atoms with Gasteiger partial charge in [0.1, 0.15) is 5.82 Å². The number of imidazole rings is 1. The lowest BCUT2D eigenvalue weighted by Gasteiger charge is -2.29. The molecule has 1 heterocycles. The van der Waals surface area contributed by atoms with Crippen molar-refractivity contribution in [2.24, 2.45) is 0 Å². The number of benzene rings is 4. The minimum atomic E-state index is -4.38. The van der Waals surface area contributed by atoms with Crippen molar-refractivity contribution in [1.82, 2.24) is 9.55 Å². The second kappa shape index (κ2) is 8.09. The molecule has 4 aromatic carbocycles. The Hall–Kier alpha value is -3.86. The van der Waals surface area contributed by atoms with Gasteiger partial charge >= 0.3 is 6.18 Å². The number of hydrogen-bond donors (Lipinski definition) is 0. The molecule has 180 valence electrons. The fourth-order valence-corrected chi connectivity index (χ4v) is 5.87. The van der Waals surface area contributed by atoms with Crippen LogP contribution in [0.4, 0.5) is 13.2 Å². The summed E-state index contributed by atoms with van der Waals surface area (Å²) in [6.07, 6.45) is -2.43. The Kier molecular flexibility index (Phi) is 5.08. The molecule has 1 aromatic heterocycles. The van der Waals surface area contributed by atoms with Gasteiger partial charge in [-0.05, 0) is 71.5 Å². The van der Waals surface area contributed by atoms with Gasteiger partial charge in [0, 0.05) is 16.7 Å². The van der Waals surface area contributed by atoms with Gasteiger partial charge in [-0.1, -0.05) is 68.4 Å². The Morgan fingerprint density at radius 3 is 2.08 bits per heavy atom. The van der Waals surface area contributed by atoms with Crippen molar-refractivity contribution in [1.29, 1.82) is 0 Å². The summed E-state index contributed by atoms with van der Waals surface area (Å²) in [5.41, 5.74) is 7.66. The van der Waals surface area contributed by atoms with Crippen molar-refractivity contribution in [3.63, 3.8) is 0 Å². The zero-order valence-corrected chi connectivity index (χ0v) is 20.1. The van der Waals surface area contributed by atoms with Crippen molar-refractivity contribution < 1.29 is 13.2 Å². The number of alkyl halides is 3. The SMILES string of the molecule is CCC1(CC)c2ccccc2-c2cc3nc(-c4ccc(C(F)(F)F)cc4)n(-c4ccccc4)c3cc21. The molecule has 0 radical (unpaired) electrons. The van der Waals surface area contributed by atoms with Crippen LogP contribution in [0.1, 0.15) is 43.4 Å². The lowest BCUT2D eigenvalue weighted by molar-refractivity contribution is -0.137. The molecule has 0 amide bonds. The van der Waals surface area contributed by atoms with E-state index in [4.69, 9.17) is 4.98 Å². The van der Waals surface area contributed by atoms with Gasteiger partial charge in [0.25, 0.3) is 0 Å². The van der Waals surface area contributed by atoms with Gasteiger partial charge in [-0.25, -0.2) is 4.98 Å². The van der Waals surface area contributed by atoms with Crippen molar-refractivity contribution in [2.45, 2.75) is 38.3 Å². The molecule has 0 unspecified atom stereocenters. The molecule has 5 aromatic rings. The summed E-state index contributed by atoms with van der Waals surface area (Å²) in [6.45, 7) is 4.48. The van der Waals surface area contributed by atoms with Gasteiger partial charge in [0.15, 0.2) is 0 Å². The predicted molar refractivity (Wildman–Crippen MR) is 138 cm³/mol. The maximum atomic E-state index is 13.2. The summed E-state index contributed by atoms with van der Waals surface area (Å²) in [4.78, 5) is 4.98. The highest BCUT2D eigenvalue weighted by atomic mass is 19.4. The number of para-hydroxylation sites is 1. The van der Waals surface area contributed by atoms with E-state index < -0.39 is 11.7 Å². The first-order chi connectivity index (χ1) is 17.4. The first-order valence-electron chi connectivity index (χ1n) is 12.3. The van der Waals surface area contributed by atoms with E-state index in [1.165, 1.54) is 34.4 Å². The molecule has 0 fully saturated rings. The third-order valence-corrected chi connectivity index (χ3v) is 7.73. The third-order valence-electron chi connectivity index (χ3n) is 7.73. The number of halogens is 3. The normalized spacial score (nSPS) is 14.1. The summed E-state index contributed by atoms with van der Waals surface area (Å²) in [5.74, 6) is 0.625. The standard InChI is InChI=1S/C31H25F3N2/c1-3-30(4-2)25-13-9-8-12-23(25)24-18-27-28(19-26(24)30)36(22-10-6-5-7-11-22)29(35-27)20-14-16-21(17-15-20)31(32,33)34/h5-19H,3-4H2,1-2H3. The molecule has 1 aliphatic rings. The molecule has 6 rings (SSSR count). The summed E-state index contributed by atoms with van der Waals surface area (Å²) in [6, 6.07) is 28.2. The van der Waals surface area contributed by atoms with Gasteiger partial charge < -0.3 is 0 Å². The monoisotopic (exact) mass is 482 g/mol.